The van der Waals surface area contributed by atoms with Gasteiger partial charge in [0.1, 0.15) is 0 Å². The Kier molecular flexibility index (Phi) is 4.71. The van der Waals surface area contributed by atoms with Gasteiger partial charge in [-0.2, -0.15) is 18.3 Å². The summed E-state index contributed by atoms with van der Waals surface area (Å²) in [4.78, 5) is 2.41. The summed E-state index contributed by atoms with van der Waals surface area (Å²) >= 11 is 0. The van der Waals surface area contributed by atoms with Crippen molar-refractivity contribution in [2.24, 2.45) is 11.8 Å². The number of nitrogens with zero attached hydrogens (tertiary/aromatic N) is 1. The van der Waals surface area contributed by atoms with E-state index in [1.165, 1.54) is 32.4 Å². The summed E-state index contributed by atoms with van der Waals surface area (Å²) in [5.74, 6) is 1.79. The number of likely N-dealkylation sites (tertiary alicyclic amines) is 1. The molecule has 1 nitrogen and oxygen atoms in total. The number of hydrogen-bond acceptors (Lipinski definition) is 1. The van der Waals surface area contributed by atoms with Gasteiger partial charge in [-0.15, -0.1) is 6.54 Å². The molecule has 0 aromatic heterocycles. The molecule has 0 aromatic rings. The topological polar surface area (TPSA) is 3.24 Å². The Balaban J connectivity index is 0.000000720. The van der Waals surface area contributed by atoms with Crippen molar-refractivity contribution in [3.05, 3.63) is 12.8 Å². The van der Waals surface area contributed by atoms with Gasteiger partial charge >= 0.3 is 0 Å². The molecule has 1 aliphatic carbocycles. The van der Waals surface area contributed by atoms with E-state index in [9.17, 15) is 0 Å². The zero-order valence-electron chi connectivity index (χ0n) is 7.87. The van der Waals surface area contributed by atoms with Crippen molar-refractivity contribution in [2.75, 3.05) is 20.1 Å². The van der Waals surface area contributed by atoms with Crippen LogP contribution in [0.2, 0.25) is 0 Å². The molecule has 0 spiro atoms. The van der Waals surface area contributed by atoms with Crippen LogP contribution in [0, 0.1) is 24.7 Å². The van der Waals surface area contributed by atoms with Crippen LogP contribution in [-0.4, -0.2) is 25.0 Å². The summed E-state index contributed by atoms with van der Waals surface area (Å²) in [6.45, 7) is 2.50. The first-order valence-corrected chi connectivity index (χ1v) is 4.71. The molecule has 1 saturated heterocycles. The Morgan fingerprint density at radius 3 is 2.58 bits per heavy atom. The minimum Gasteiger partial charge on any atom is -0.338 e. The molecule has 2 aliphatic rings. The second-order valence-corrected chi connectivity index (χ2v) is 3.95. The van der Waals surface area contributed by atoms with Crippen LogP contribution in [0.25, 0.3) is 0 Å². The van der Waals surface area contributed by atoms with Crippen molar-refractivity contribution in [1.82, 2.24) is 4.90 Å². The molecule has 2 fully saturated rings. The molecule has 12 heavy (non-hydrogen) atoms. The molecule has 2 rings (SSSR count). The largest absolute Gasteiger partial charge is 0.338 e. The molecule has 2 heteroatoms. The van der Waals surface area contributed by atoms with Crippen LogP contribution < -0.4 is 0 Å². The maximum Gasteiger partial charge on any atom is 0 e. The van der Waals surface area contributed by atoms with Crippen molar-refractivity contribution in [2.45, 2.75) is 19.3 Å². The van der Waals surface area contributed by atoms with Crippen LogP contribution in [-0.2, 0) is 32.7 Å². The summed E-state index contributed by atoms with van der Waals surface area (Å²) in [5, 5.41) is 0. The van der Waals surface area contributed by atoms with Gasteiger partial charge in [-0.3, -0.25) is 0 Å². The quantitative estimate of drug-likeness (QED) is 0.631. The van der Waals surface area contributed by atoms with E-state index in [4.69, 9.17) is 0 Å². The summed E-state index contributed by atoms with van der Waals surface area (Å²) in [5.41, 5.74) is 0. The molecule has 0 N–H and O–H groups in total. The Morgan fingerprint density at radius 1 is 1.25 bits per heavy atom. The van der Waals surface area contributed by atoms with Gasteiger partial charge in [0.2, 0.25) is 0 Å². The fourth-order valence-electron chi connectivity index (χ4n) is 2.33. The maximum absolute atomic E-state index is 2.53. The molecule has 1 saturated carbocycles. The van der Waals surface area contributed by atoms with Gasteiger partial charge in [0.15, 0.2) is 0 Å². The Bertz CT molecular complexity index is 132. The first-order chi connectivity index (χ1) is 5.36. The van der Waals surface area contributed by atoms with Crippen LogP contribution in [0.15, 0.2) is 0 Å². The van der Waals surface area contributed by atoms with E-state index in [2.05, 4.69) is 24.8 Å². The normalized spacial score (nSPS) is 36.8. The smallest absolute Gasteiger partial charge is 0 e. The summed E-state index contributed by atoms with van der Waals surface area (Å²) in [7, 11) is 2.21. The van der Waals surface area contributed by atoms with Crippen LogP contribution in [0.5, 0.6) is 0 Å². The molecule has 1 heterocycles. The predicted molar refractivity (Wildman–Crippen MR) is 46.9 cm³/mol. The zero-order valence-corrected chi connectivity index (χ0v) is 10.7. The van der Waals surface area contributed by atoms with Gasteiger partial charge in [0.05, 0.1) is 0 Å². The van der Waals surface area contributed by atoms with Crippen molar-refractivity contribution < 1.29 is 32.7 Å². The summed E-state index contributed by atoms with van der Waals surface area (Å²) in [6.07, 6.45) is 9.25. The monoisotopic (exact) mass is 240 g/mol. The number of rotatable bonds is 1. The van der Waals surface area contributed by atoms with Gasteiger partial charge in [-0.1, -0.05) is 12.8 Å². The molecule has 2 unspecified atom stereocenters. The first-order valence-electron chi connectivity index (χ1n) is 4.71. The third-order valence-electron chi connectivity index (χ3n) is 3.00. The first kappa shape index (κ1) is 11.1. The van der Waals surface area contributed by atoms with E-state index in [-0.39, 0.29) is 32.7 Å². The van der Waals surface area contributed by atoms with E-state index in [1.54, 1.807) is 0 Å². The minimum atomic E-state index is 0. The molecule has 0 amide bonds. The van der Waals surface area contributed by atoms with E-state index < -0.39 is 0 Å². The molecule has 0 bridgehead atoms. The number of hydrogen-bond donors (Lipinski definition) is 0. The molecule has 67 valence electrons. The Hall–Kier alpha value is 1.06. The van der Waals surface area contributed by atoms with Crippen LogP contribution in [0.3, 0.4) is 0 Å². The second kappa shape index (κ2) is 5.07. The van der Waals surface area contributed by atoms with Gasteiger partial charge in [0, 0.05) is 32.7 Å². The molecule has 0 aromatic carbocycles. The third kappa shape index (κ3) is 2.53. The summed E-state index contributed by atoms with van der Waals surface area (Å²) in [6, 6.07) is 0. The van der Waals surface area contributed by atoms with E-state index in [1.807, 2.05) is 0 Å². The molecule has 2 atom stereocenters. The van der Waals surface area contributed by atoms with Gasteiger partial charge < -0.3 is 17.7 Å². The molecular weight excluding hydrogens is 223 g/mol. The zero-order chi connectivity index (χ0) is 7.68. The third-order valence-corrected chi connectivity index (χ3v) is 3.00. The van der Waals surface area contributed by atoms with Crippen LogP contribution >= 0.6 is 0 Å². The molecule has 1 aliphatic heterocycles. The van der Waals surface area contributed by atoms with E-state index in [0.717, 1.165) is 11.8 Å². The predicted octanol–water partition coefficient (Wildman–Crippen LogP) is 1.75. The van der Waals surface area contributed by atoms with Crippen molar-refractivity contribution in [3.63, 3.8) is 0 Å². The van der Waals surface area contributed by atoms with Crippen LogP contribution in [0.1, 0.15) is 19.3 Å². The molecule has 1 radical (unpaired) electrons. The fourth-order valence-corrected chi connectivity index (χ4v) is 2.33. The van der Waals surface area contributed by atoms with E-state index >= 15 is 0 Å². The average Bonchev–Trinajstić information content (AvgIpc) is 2.55. The van der Waals surface area contributed by atoms with Crippen molar-refractivity contribution in [1.29, 1.82) is 0 Å². The maximum atomic E-state index is 2.53. The SMILES string of the molecule is CN1C[CH-]C(C2[CH-]CCC2)C1.[Y]. The fraction of sp³-hybridized carbons (Fsp3) is 0.800. The van der Waals surface area contributed by atoms with Crippen molar-refractivity contribution in [3.8, 4) is 0 Å². The Labute approximate surface area is 101 Å². The minimum absolute atomic E-state index is 0. The average molecular weight is 240 g/mol. The van der Waals surface area contributed by atoms with Gasteiger partial charge in [-0.25, -0.2) is 0 Å². The van der Waals surface area contributed by atoms with Crippen molar-refractivity contribution >= 4 is 0 Å². The van der Waals surface area contributed by atoms with Gasteiger partial charge in [-0.05, 0) is 13.6 Å². The summed E-state index contributed by atoms with van der Waals surface area (Å²) < 4.78 is 0. The van der Waals surface area contributed by atoms with E-state index in [0.29, 0.717) is 0 Å². The Morgan fingerprint density at radius 2 is 2.08 bits per heavy atom. The molecular formula is C10H17NY-2. The second-order valence-electron chi connectivity index (χ2n) is 3.95. The standard InChI is InChI=1S/C10H17N.Y/c1-11-7-6-10(8-11)9-4-2-3-5-9;/h4,6,9-10H,2-3,5,7-8H2,1H3;/q-2;. The van der Waals surface area contributed by atoms with Gasteiger partial charge in [0.25, 0.3) is 0 Å². The van der Waals surface area contributed by atoms with Crippen LogP contribution in [0.4, 0.5) is 0 Å².